The van der Waals surface area contributed by atoms with Crippen LogP contribution >= 0.6 is 11.6 Å². The van der Waals surface area contributed by atoms with Crippen LogP contribution in [0.3, 0.4) is 0 Å². The SMILES string of the molecule is CCc1nn(CC)c(-c2cnc(C[C@@H](C)C(F)(F)F)cc2OC(F)F)c1Cl.O=C=O. The zero-order valence-electron chi connectivity index (χ0n) is 16.3. The molecular formula is C18H19ClF5N3O3. The molecule has 0 aromatic carbocycles. The van der Waals surface area contributed by atoms with Gasteiger partial charge in [-0.05, 0) is 13.3 Å². The van der Waals surface area contributed by atoms with Gasteiger partial charge < -0.3 is 4.74 Å². The van der Waals surface area contributed by atoms with E-state index < -0.39 is 25.1 Å². The highest BCUT2D eigenvalue weighted by molar-refractivity contribution is 6.33. The van der Waals surface area contributed by atoms with Crippen LogP contribution in [0, 0.1) is 5.92 Å². The minimum atomic E-state index is -4.41. The van der Waals surface area contributed by atoms with Crippen LogP contribution in [0.5, 0.6) is 5.75 Å². The summed E-state index contributed by atoms with van der Waals surface area (Å²) >= 11 is 6.33. The van der Waals surface area contributed by atoms with Crippen molar-refractivity contribution in [1.82, 2.24) is 14.8 Å². The molecule has 0 unspecified atom stereocenters. The molecule has 2 aromatic heterocycles. The minimum Gasteiger partial charge on any atom is -0.434 e. The molecule has 0 radical (unpaired) electrons. The van der Waals surface area contributed by atoms with Crippen LogP contribution in [-0.4, -0.2) is 33.7 Å². The van der Waals surface area contributed by atoms with Gasteiger partial charge in [0.2, 0.25) is 0 Å². The summed E-state index contributed by atoms with van der Waals surface area (Å²) in [6, 6.07) is 1.10. The molecule has 0 aliphatic carbocycles. The predicted molar refractivity (Wildman–Crippen MR) is 96.1 cm³/mol. The average molecular weight is 456 g/mol. The summed E-state index contributed by atoms with van der Waals surface area (Å²) in [6.45, 7) is 1.90. The number of aryl methyl sites for hydroxylation is 2. The number of hydrogen-bond donors (Lipinski definition) is 0. The Balaban J connectivity index is 0.00000141. The van der Waals surface area contributed by atoms with Gasteiger partial charge in [0.25, 0.3) is 0 Å². The summed E-state index contributed by atoms with van der Waals surface area (Å²) in [7, 11) is 0. The summed E-state index contributed by atoms with van der Waals surface area (Å²) in [5.41, 5.74) is 1.06. The van der Waals surface area contributed by atoms with E-state index in [4.69, 9.17) is 21.2 Å². The Labute approximate surface area is 174 Å². The van der Waals surface area contributed by atoms with Crippen molar-refractivity contribution in [2.45, 2.75) is 52.9 Å². The Morgan fingerprint density at radius 1 is 1.27 bits per heavy atom. The van der Waals surface area contributed by atoms with Gasteiger partial charge in [-0.1, -0.05) is 25.4 Å². The van der Waals surface area contributed by atoms with Crippen molar-refractivity contribution in [3.8, 4) is 17.0 Å². The van der Waals surface area contributed by atoms with Gasteiger partial charge in [-0.3, -0.25) is 9.67 Å². The predicted octanol–water partition coefficient (Wildman–Crippen LogP) is 4.94. The Morgan fingerprint density at radius 2 is 1.87 bits per heavy atom. The number of ether oxygens (including phenoxy) is 1. The molecule has 0 bridgehead atoms. The first kappa shape index (κ1) is 25.5. The molecule has 0 fully saturated rings. The van der Waals surface area contributed by atoms with Crippen molar-refractivity contribution in [2.75, 3.05) is 0 Å². The average Bonchev–Trinajstić information content (AvgIpc) is 2.97. The largest absolute Gasteiger partial charge is 0.434 e. The molecule has 0 aliphatic rings. The summed E-state index contributed by atoms with van der Waals surface area (Å²) in [4.78, 5) is 20.3. The number of alkyl halides is 5. The standard InChI is InChI=1S/C17H19ClF5N3O.CO2/c1-4-12-14(18)15(26(5-2)25-12)11-8-24-10(6-9(3)17(21,22)23)7-13(11)27-16(19)20;2-1-3/h7-9,16H,4-6H2,1-3H3;/t9-;/m1./s1. The van der Waals surface area contributed by atoms with E-state index in [9.17, 15) is 22.0 Å². The number of aromatic nitrogens is 3. The molecule has 2 heterocycles. The molecule has 12 heteroatoms. The maximum absolute atomic E-state index is 12.9. The molecule has 0 spiro atoms. The zero-order valence-corrected chi connectivity index (χ0v) is 17.0. The van der Waals surface area contributed by atoms with E-state index in [1.54, 1.807) is 6.92 Å². The van der Waals surface area contributed by atoms with Crippen LogP contribution in [-0.2, 0) is 29.0 Å². The Kier molecular flexibility index (Phi) is 9.38. The van der Waals surface area contributed by atoms with E-state index in [0.29, 0.717) is 24.4 Å². The van der Waals surface area contributed by atoms with Crippen LogP contribution in [0.4, 0.5) is 22.0 Å². The number of carbonyl (C=O) groups excluding carboxylic acids is 2. The van der Waals surface area contributed by atoms with E-state index >= 15 is 0 Å². The van der Waals surface area contributed by atoms with Crippen molar-refractivity contribution in [3.05, 3.63) is 28.7 Å². The molecule has 0 amide bonds. The summed E-state index contributed by atoms with van der Waals surface area (Å²) in [5.74, 6) is -1.96. The molecule has 0 saturated carbocycles. The highest BCUT2D eigenvalue weighted by Crippen LogP contribution is 2.38. The van der Waals surface area contributed by atoms with E-state index in [1.165, 1.54) is 10.9 Å². The Morgan fingerprint density at radius 3 is 2.33 bits per heavy atom. The summed E-state index contributed by atoms with van der Waals surface area (Å²) in [6.07, 6.45) is -2.89. The fraction of sp³-hybridized carbons (Fsp3) is 0.500. The number of rotatable bonds is 7. The first-order valence-corrected chi connectivity index (χ1v) is 9.13. The van der Waals surface area contributed by atoms with Gasteiger partial charge >= 0.3 is 18.9 Å². The molecule has 6 nitrogen and oxygen atoms in total. The second-order valence-corrected chi connectivity index (χ2v) is 6.44. The number of hydrogen-bond acceptors (Lipinski definition) is 5. The normalized spacial score (nSPS) is 12.2. The first-order chi connectivity index (χ1) is 14.0. The smallest absolute Gasteiger partial charge is 0.391 e. The summed E-state index contributed by atoms with van der Waals surface area (Å²) < 4.78 is 70.2. The lowest BCUT2D eigenvalue weighted by Gasteiger charge is -2.17. The molecule has 2 rings (SSSR count). The Hall–Kier alpha value is -2.52. The molecule has 30 heavy (non-hydrogen) atoms. The molecule has 2 aromatic rings. The molecule has 0 saturated heterocycles. The third-order valence-electron chi connectivity index (χ3n) is 4.06. The maximum atomic E-state index is 12.9. The highest BCUT2D eigenvalue weighted by Gasteiger charge is 2.36. The van der Waals surface area contributed by atoms with Crippen molar-refractivity contribution < 1.29 is 36.3 Å². The molecule has 0 N–H and O–H groups in total. The first-order valence-electron chi connectivity index (χ1n) is 8.75. The van der Waals surface area contributed by atoms with E-state index in [2.05, 4.69) is 14.8 Å². The van der Waals surface area contributed by atoms with Crippen molar-refractivity contribution in [3.63, 3.8) is 0 Å². The third-order valence-corrected chi connectivity index (χ3v) is 4.46. The second-order valence-electron chi connectivity index (χ2n) is 6.06. The van der Waals surface area contributed by atoms with Crippen LogP contribution in [0.2, 0.25) is 5.02 Å². The van der Waals surface area contributed by atoms with Crippen LogP contribution < -0.4 is 4.74 Å². The monoisotopic (exact) mass is 455 g/mol. The van der Waals surface area contributed by atoms with Crippen LogP contribution in [0.25, 0.3) is 11.3 Å². The van der Waals surface area contributed by atoms with Crippen LogP contribution in [0.15, 0.2) is 12.3 Å². The lowest BCUT2D eigenvalue weighted by Crippen LogP contribution is -2.22. The number of pyridine rings is 1. The van der Waals surface area contributed by atoms with Gasteiger partial charge in [0.05, 0.1) is 27.9 Å². The topological polar surface area (TPSA) is 74.1 Å². The summed E-state index contributed by atoms with van der Waals surface area (Å²) in [5, 5.41) is 4.59. The Bertz CT molecular complexity index is 881. The van der Waals surface area contributed by atoms with Crippen molar-refractivity contribution in [2.24, 2.45) is 5.92 Å². The highest BCUT2D eigenvalue weighted by atomic mass is 35.5. The molecule has 1 atom stereocenters. The molecule has 166 valence electrons. The fourth-order valence-corrected chi connectivity index (χ4v) is 2.96. The van der Waals surface area contributed by atoms with Gasteiger partial charge in [-0.2, -0.15) is 36.6 Å². The van der Waals surface area contributed by atoms with E-state index in [-0.39, 0.29) is 28.2 Å². The van der Waals surface area contributed by atoms with Gasteiger partial charge in [0, 0.05) is 30.9 Å². The minimum absolute atomic E-state index is 0.00590. The van der Waals surface area contributed by atoms with Gasteiger partial charge in [-0.15, -0.1) is 0 Å². The molecule has 0 aliphatic heterocycles. The van der Waals surface area contributed by atoms with Gasteiger partial charge in [0.15, 0.2) is 0 Å². The fourth-order valence-electron chi connectivity index (χ4n) is 2.59. The zero-order chi connectivity index (χ0) is 23.1. The second kappa shape index (κ2) is 11.0. The van der Waals surface area contributed by atoms with E-state index in [1.807, 2.05) is 6.92 Å². The van der Waals surface area contributed by atoms with Gasteiger partial charge in [-0.25, -0.2) is 0 Å². The molecular weight excluding hydrogens is 437 g/mol. The van der Waals surface area contributed by atoms with Crippen molar-refractivity contribution in [1.29, 1.82) is 0 Å². The van der Waals surface area contributed by atoms with Crippen molar-refractivity contribution >= 4 is 17.8 Å². The van der Waals surface area contributed by atoms with E-state index in [0.717, 1.165) is 13.0 Å². The van der Waals surface area contributed by atoms with Crippen LogP contribution in [0.1, 0.15) is 32.2 Å². The lowest BCUT2D eigenvalue weighted by atomic mass is 10.0. The quantitative estimate of drug-likeness (QED) is 0.553. The number of nitrogens with zero attached hydrogens (tertiary/aromatic N) is 3. The maximum Gasteiger partial charge on any atom is 0.391 e. The number of halogens is 6. The third kappa shape index (κ3) is 6.50. The van der Waals surface area contributed by atoms with Gasteiger partial charge in [0.1, 0.15) is 5.75 Å². The lowest BCUT2D eigenvalue weighted by molar-refractivity contribution is -0.191.